The predicted octanol–water partition coefficient (Wildman–Crippen LogP) is 6.96. The van der Waals surface area contributed by atoms with Crippen LogP contribution in [-0.4, -0.2) is 135 Å². The van der Waals surface area contributed by atoms with Gasteiger partial charge in [0.1, 0.15) is 40.3 Å². The first-order valence-electron chi connectivity index (χ1n) is 24.9. The van der Waals surface area contributed by atoms with E-state index in [1.54, 1.807) is 24.8 Å². The van der Waals surface area contributed by atoms with E-state index in [-0.39, 0.29) is 18.0 Å². The Morgan fingerprint density at radius 1 is 0.708 bits per heavy atom. The number of amides is 1. The van der Waals surface area contributed by atoms with E-state index in [0.717, 1.165) is 154 Å². The van der Waals surface area contributed by atoms with E-state index < -0.39 is 0 Å². The van der Waals surface area contributed by atoms with Gasteiger partial charge in [-0.3, -0.25) is 19.8 Å². The number of aromatic nitrogens is 13. The second-order valence-corrected chi connectivity index (χ2v) is 19.7. The molecule has 10 heterocycles. The highest BCUT2D eigenvalue weighted by molar-refractivity contribution is 5.98. The van der Waals surface area contributed by atoms with Gasteiger partial charge in [0.25, 0.3) is 0 Å². The predicted molar refractivity (Wildman–Crippen MR) is 278 cm³/mol. The third kappa shape index (κ3) is 7.75. The number of aryl methyl sites for hydroxylation is 1. The summed E-state index contributed by atoms with van der Waals surface area (Å²) in [6, 6.07) is 19.0. The lowest BCUT2D eigenvalue weighted by molar-refractivity contribution is -0.719. The van der Waals surface area contributed by atoms with Crippen molar-refractivity contribution in [1.82, 2.24) is 69.6 Å². The molecule has 3 aliphatic rings. The largest absolute Gasteiger partial charge is 0.367 e. The molecule has 72 heavy (non-hydrogen) atoms. The van der Waals surface area contributed by atoms with Crippen molar-refractivity contribution in [2.24, 2.45) is 13.0 Å². The fourth-order valence-electron chi connectivity index (χ4n) is 11.1. The van der Waals surface area contributed by atoms with E-state index in [1.807, 2.05) is 18.3 Å². The molecule has 1 amide bonds. The molecule has 362 valence electrons. The van der Waals surface area contributed by atoms with Crippen molar-refractivity contribution >= 4 is 67.1 Å². The van der Waals surface area contributed by atoms with Gasteiger partial charge in [0.15, 0.2) is 23.5 Å². The van der Waals surface area contributed by atoms with Crippen LogP contribution >= 0.6 is 0 Å². The van der Waals surface area contributed by atoms with Crippen molar-refractivity contribution in [3.63, 3.8) is 0 Å². The number of benzene rings is 2. The van der Waals surface area contributed by atoms with E-state index in [0.29, 0.717) is 23.7 Å². The van der Waals surface area contributed by atoms with Crippen LogP contribution < -0.4 is 19.7 Å². The molecule has 0 bridgehead atoms. The lowest BCUT2D eigenvalue weighted by atomic mass is 9.88. The van der Waals surface area contributed by atoms with Crippen LogP contribution in [0, 0.1) is 5.92 Å². The van der Waals surface area contributed by atoms with Gasteiger partial charge in [-0.05, 0) is 69.4 Å². The Bertz CT molecular complexity index is 3660. The molecule has 4 N–H and O–H groups in total. The molecule has 10 aromatic rings. The molecule has 8 aromatic heterocycles. The number of imidazole rings is 2. The average Bonchev–Trinajstić information content (AvgIpc) is 4.23. The number of para-hydroxylation sites is 2. The molecule has 3 fully saturated rings. The first kappa shape index (κ1) is 43.8. The molecule has 2 saturated heterocycles. The molecule has 1 unspecified atom stereocenters. The maximum Gasteiger partial charge on any atom is 0.359 e. The zero-order chi connectivity index (χ0) is 48.5. The number of fused-ring (bicyclic) bond motifs is 4. The molecule has 2 aliphatic heterocycles. The van der Waals surface area contributed by atoms with Crippen molar-refractivity contribution < 1.29 is 9.36 Å². The van der Waals surface area contributed by atoms with Gasteiger partial charge in [0, 0.05) is 99.3 Å². The summed E-state index contributed by atoms with van der Waals surface area (Å²) in [6.07, 6.45) is 17.7. The van der Waals surface area contributed by atoms with Gasteiger partial charge in [-0.25, -0.2) is 29.5 Å². The van der Waals surface area contributed by atoms with E-state index in [9.17, 15) is 4.79 Å². The number of nitrogens with one attached hydrogen (secondary N) is 4. The third-order valence-corrected chi connectivity index (χ3v) is 15.2. The highest BCUT2D eigenvalue weighted by Crippen LogP contribution is 2.37. The van der Waals surface area contributed by atoms with Crippen LogP contribution in [0.15, 0.2) is 98.1 Å². The van der Waals surface area contributed by atoms with E-state index >= 15 is 0 Å². The highest BCUT2D eigenvalue weighted by atomic mass is 16.1. The van der Waals surface area contributed by atoms with Crippen LogP contribution in [0.2, 0.25) is 0 Å². The van der Waals surface area contributed by atoms with Gasteiger partial charge < -0.3 is 29.6 Å². The van der Waals surface area contributed by atoms with Gasteiger partial charge in [0.05, 0.1) is 51.3 Å². The molecule has 13 rings (SSSR count). The minimum atomic E-state index is -0.152. The molecule has 0 spiro atoms. The Hall–Kier alpha value is -8.16. The molecule has 1 atom stereocenters. The minimum absolute atomic E-state index is 0.0230. The zero-order valence-corrected chi connectivity index (χ0v) is 40.5. The molecule has 2 aromatic carbocycles. The average molecular weight is 960 g/mol. The van der Waals surface area contributed by atoms with Crippen molar-refractivity contribution in [3.8, 4) is 45.3 Å². The van der Waals surface area contributed by atoms with E-state index in [4.69, 9.17) is 15.1 Å². The molecule has 0 radical (unpaired) electrons. The lowest BCUT2D eigenvalue weighted by Gasteiger charge is -2.39. The smallest absolute Gasteiger partial charge is 0.359 e. The Labute approximate surface area is 414 Å². The summed E-state index contributed by atoms with van der Waals surface area (Å²) < 4.78 is 4.46. The maximum absolute atomic E-state index is 13.5. The summed E-state index contributed by atoms with van der Waals surface area (Å²) in [6.45, 7) is 6.09. The van der Waals surface area contributed by atoms with Gasteiger partial charge in [-0.2, -0.15) is 10.2 Å². The number of pyridine rings is 3. The second-order valence-electron chi connectivity index (χ2n) is 19.7. The molecule has 19 heteroatoms. The minimum Gasteiger partial charge on any atom is -0.367 e. The highest BCUT2D eigenvalue weighted by Gasteiger charge is 2.35. The normalized spacial score (nSPS) is 17.5. The Morgan fingerprint density at radius 3 is 2.31 bits per heavy atom. The van der Waals surface area contributed by atoms with E-state index in [1.165, 1.54) is 12.7 Å². The number of carbonyl (C=O) groups is 1. The molecular weight excluding hydrogens is 905 g/mol. The number of rotatable bonds is 9. The quantitative estimate of drug-likeness (QED) is 0.108. The van der Waals surface area contributed by atoms with Gasteiger partial charge in [-0.15, -0.1) is 0 Å². The van der Waals surface area contributed by atoms with Crippen LogP contribution in [0.5, 0.6) is 0 Å². The van der Waals surface area contributed by atoms with Crippen LogP contribution in [0.3, 0.4) is 0 Å². The number of likely N-dealkylation sites (N-methyl/N-ethyl adjacent to an activating group) is 2. The standard InChI is InChI=1S/C53H54N18O/c1-66-15-18-69(19-16-66)43-14-8-12-41-48(43)61-52(68(41)3)46-39-23-35(33-21-37(28-54-24-33)58-53(72)32-9-5-4-6-10-32)29-71(51(39)65-63-46)44-30-70(20-17-67(44)2)42-13-7-11-40-47(42)60-50(59-40)45-38-22-34(27-57-49(38)64-62-45)36-25-55-31-56-26-36/h7-8,11-14,21-29,31-32,44H,4-6,9-10,15-20,30H2,1-3H3,(H3,57,58,59,60,61,62,63,64,72)/p+1. The van der Waals surface area contributed by atoms with Crippen LogP contribution in [0.25, 0.3) is 89.4 Å². The number of H-pyrrole nitrogens is 3. The molecule has 1 saturated carbocycles. The first-order chi connectivity index (χ1) is 35.3. The Balaban J connectivity index is 0.893. The topological polar surface area (TPSA) is 201 Å². The summed E-state index contributed by atoms with van der Waals surface area (Å²) in [5, 5.41) is 21.3. The summed E-state index contributed by atoms with van der Waals surface area (Å²) in [5.74, 6) is 1.56. The first-order valence-corrected chi connectivity index (χ1v) is 24.9. The number of carbonyl (C=O) groups excluding carboxylic acids is 1. The Kier molecular flexibility index (Phi) is 10.9. The second kappa shape index (κ2) is 17.9. The summed E-state index contributed by atoms with van der Waals surface area (Å²) in [7, 11) is 6.44. The number of anilines is 3. The third-order valence-electron chi connectivity index (χ3n) is 15.2. The van der Waals surface area contributed by atoms with Crippen molar-refractivity contribution in [2.75, 3.05) is 75.0 Å². The summed E-state index contributed by atoms with van der Waals surface area (Å²) in [5.41, 5.74) is 13.2. The van der Waals surface area contributed by atoms with E-state index in [2.05, 4.69) is 144 Å². The molecule has 19 nitrogen and oxygen atoms in total. The van der Waals surface area contributed by atoms with Crippen LogP contribution in [-0.2, 0) is 11.8 Å². The molecular formula is C53H55N18O+. The lowest BCUT2D eigenvalue weighted by Crippen LogP contribution is -2.59. The van der Waals surface area contributed by atoms with Gasteiger partial charge >= 0.3 is 5.65 Å². The number of aromatic amines is 3. The number of hydrogen-bond acceptors (Lipinski definition) is 13. The number of hydrogen-bond donors (Lipinski definition) is 4. The summed E-state index contributed by atoms with van der Waals surface area (Å²) >= 11 is 0. The SMILES string of the molecule is CN1CCN(c2cccc3c2nc(-c2[nH]nc4c2cc(-c2cncc(NC(=O)C5CCCCC5)c2)c[n+]4C2CN(c4cccc5[nH]c(-c6[nH]nc7ncc(-c8cncnc8)cc67)nc45)CCN2C)n3C)CC1. The number of piperazine rings is 2. The monoisotopic (exact) mass is 959 g/mol. The number of nitrogens with zero attached hydrogens (tertiary/aromatic N) is 14. The van der Waals surface area contributed by atoms with Crippen LogP contribution in [0.1, 0.15) is 38.3 Å². The van der Waals surface area contributed by atoms with Crippen molar-refractivity contribution in [3.05, 3.63) is 98.1 Å². The summed E-state index contributed by atoms with van der Waals surface area (Å²) in [4.78, 5) is 55.1. The van der Waals surface area contributed by atoms with Crippen LogP contribution in [0.4, 0.5) is 17.1 Å². The fraction of sp³-hybridized carbons (Fsp3) is 0.321. The van der Waals surface area contributed by atoms with Gasteiger partial charge in [0.2, 0.25) is 5.91 Å². The van der Waals surface area contributed by atoms with Crippen molar-refractivity contribution in [2.45, 2.75) is 38.3 Å². The molecule has 1 aliphatic carbocycles. The maximum atomic E-state index is 13.5. The fourth-order valence-corrected chi connectivity index (χ4v) is 11.1. The zero-order valence-electron chi connectivity index (χ0n) is 40.5. The van der Waals surface area contributed by atoms with Crippen molar-refractivity contribution in [1.29, 1.82) is 0 Å². The Morgan fingerprint density at radius 2 is 1.46 bits per heavy atom. The van der Waals surface area contributed by atoms with Gasteiger partial charge in [-0.1, -0.05) is 31.4 Å².